The van der Waals surface area contributed by atoms with Crippen LogP contribution >= 0.6 is 0 Å². The Bertz CT molecular complexity index is 3430. The summed E-state index contributed by atoms with van der Waals surface area (Å²) in [4.78, 5) is 0. The molecule has 3 heterocycles. The number of hydrogen-bond donors (Lipinski definition) is 0. The Morgan fingerprint density at radius 3 is 1.45 bits per heavy atom. The van der Waals surface area contributed by atoms with Crippen LogP contribution in [-0.2, 0) is 0 Å². The molecule has 0 aliphatic heterocycles. The lowest BCUT2D eigenvalue weighted by molar-refractivity contribution is 1.15. The predicted molar refractivity (Wildman–Crippen MR) is 224 cm³/mol. The van der Waals surface area contributed by atoms with E-state index in [1.54, 1.807) is 0 Å². The van der Waals surface area contributed by atoms with Gasteiger partial charge in [-0.05, 0) is 64.7 Å². The number of hydrogen-bond acceptors (Lipinski definition) is 0. The number of aromatic nitrogens is 3. The Kier molecular flexibility index (Phi) is 5.77. The summed E-state index contributed by atoms with van der Waals surface area (Å²) >= 11 is 0. The van der Waals surface area contributed by atoms with Crippen molar-refractivity contribution in [2.75, 3.05) is 0 Å². The van der Waals surface area contributed by atoms with Gasteiger partial charge in [-0.15, -0.1) is 0 Å². The number of rotatable bonds is 3. The van der Waals surface area contributed by atoms with Crippen molar-refractivity contribution < 1.29 is 0 Å². The summed E-state index contributed by atoms with van der Waals surface area (Å²) < 4.78 is 7.59. The average Bonchev–Trinajstić information content (AvgIpc) is 3.87. The largest absolute Gasteiger partial charge is 0.308 e. The molecule has 0 spiro atoms. The minimum absolute atomic E-state index is 1.14. The second kappa shape index (κ2) is 10.7. The van der Waals surface area contributed by atoms with Gasteiger partial charge >= 0.3 is 0 Å². The highest BCUT2D eigenvalue weighted by molar-refractivity contribution is 6.41. The average molecular weight is 674 g/mol. The molecule has 0 N–H and O–H groups in total. The van der Waals surface area contributed by atoms with Crippen molar-refractivity contribution in [1.29, 1.82) is 0 Å². The molecule has 0 saturated heterocycles. The molecule has 0 saturated carbocycles. The van der Waals surface area contributed by atoms with Gasteiger partial charge in [-0.3, -0.25) is 0 Å². The molecule has 3 aromatic heterocycles. The van der Waals surface area contributed by atoms with E-state index < -0.39 is 0 Å². The Morgan fingerprint density at radius 2 is 0.736 bits per heavy atom. The third kappa shape index (κ3) is 3.83. The topological polar surface area (TPSA) is 14.8 Å². The monoisotopic (exact) mass is 673 g/mol. The van der Waals surface area contributed by atoms with Crippen molar-refractivity contribution in [3.63, 3.8) is 0 Å². The maximum absolute atomic E-state index is 2.55. The molecule has 9 aromatic carbocycles. The fourth-order valence-electron chi connectivity index (χ4n) is 9.22. The van der Waals surface area contributed by atoms with Crippen LogP contribution in [-0.4, -0.2) is 13.7 Å². The molecule has 0 atom stereocenters. The minimum Gasteiger partial charge on any atom is -0.308 e. The fraction of sp³-hybridized carbons (Fsp3) is 0. The second-order valence-electron chi connectivity index (χ2n) is 14.1. The van der Waals surface area contributed by atoms with Gasteiger partial charge in [0, 0.05) is 54.8 Å². The number of para-hydroxylation sites is 4. The van der Waals surface area contributed by atoms with E-state index in [-0.39, 0.29) is 0 Å². The Morgan fingerprint density at radius 1 is 0.245 bits per heavy atom. The first-order valence-corrected chi connectivity index (χ1v) is 18.3. The third-order valence-corrected chi connectivity index (χ3v) is 11.3. The highest BCUT2D eigenvalue weighted by Crippen LogP contribution is 2.51. The van der Waals surface area contributed by atoms with Gasteiger partial charge in [0.1, 0.15) is 0 Å². The Labute approximate surface area is 304 Å². The van der Waals surface area contributed by atoms with E-state index in [0.29, 0.717) is 0 Å². The van der Waals surface area contributed by atoms with Gasteiger partial charge in [0.15, 0.2) is 0 Å². The van der Waals surface area contributed by atoms with Crippen molar-refractivity contribution in [2.24, 2.45) is 0 Å². The van der Waals surface area contributed by atoms with Gasteiger partial charge in [-0.25, -0.2) is 0 Å². The lowest BCUT2D eigenvalue weighted by atomic mass is 10.00. The molecule has 3 heteroatoms. The van der Waals surface area contributed by atoms with Crippen LogP contribution in [0.15, 0.2) is 188 Å². The van der Waals surface area contributed by atoms with Crippen LogP contribution in [0, 0.1) is 0 Å². The number of benzene rings is 9. The Balaban J connectivity index is 1.46. The van der Waals surface area contributed by atoms with Crippen LogP contribution < -0.4 is 0 Å². The molecule has 0 unspecified atom stereocenters. The SMILES string of the molecule is c1ccc(-n2c3ccccc3c3c2c2c(c4ccccc4n2-c2ccc4ccccc4c2)c2c4ccc5ccccc5c4n(-c4ccccc4)c23)cc1. The highest BCUT2D eigenvalue weighted by atomic mass is 15.1. The predicted octanol–water partition coefficient (Wildman–Crippen LogP) is 13.3. The zero-order valence-corrected chi connectivity index (χ0v) is 28.7. The molecule has 53 heavy (non-hydrogen) atoms. The molecule has 0 radical (unpaired) electrons. The van der Waals surface area contributed by atoms with Gasteiger partial charge in [0.2, 0.25) is 0 Å². The molecule has 12 aromatic rings. The lowest BCUT2D eigenvalue weighted by Crippen LogP contribution is -2.00. The maximum atomic E-state index is 2.55. The number of fused-ring (bicyclic) bond motifs is 15. The number of nitrogens with zero attached hydrogens (tertiary/aromatic N) is 3. The van der Waals surface area contributed by atoms with Crippen LogP contribution in [0.1, 0.15) is 0 Å². The first kappa shape index (κ1) is 28.6. The molecular formula is C50H31N3. The quantitative estimate of drug-likeness (QED) is 0.177. The van der Waals surface area contributed by atoms with E-state index in [9.17, 15) is 0 Å². The molecular weight excluding hydrogens is 643 g/mol. The summed E-state index contributed by atoms with van der Waals surface area (Å²) in [6, 6.07) is 68.9. The van der Waals surface area contributed by atoms with E-state index in [2.05, 4.69) is 202 Å². The van der Waals surface area contributed by atoms with E-state index in [1.165, 1.54) is 87.0 Å². The second-order valence-corrected chi connectivity index (χ2v) is 14.1. The van der Waals surface area contributed by atoms with Gasteiger partial charge < -0.3 is 13.7 Å². The van der Waals surface area contributed by atoms with Crippen LogP contribution in [0.4, 0.5) is 0 Å². The van der Waals surface area contributed by atoms with Gasteiger partial charge in [0.25, 0.3) is 0 Å². The molecule has 0 aliphatic rings. The zero-order chi connectivity index (χ0) is 34.6. The van der Waals surface area contributed by atoms with Crippen LogP contribution in [0.3, 0.4) is 0 Å². The molecule has 12 rings (SSSR count). The van der Waals surface area contributed by atoms with Crippen molar-refractivity contribution in [3.05, 3.63) is 188 Å². The van der Waals surface area contributed by atoms with Crippen LogP contribution in [0.5, 0.6) is 0 Å². The van der Waals surface area contributed by atoms with E-state index in [0.717, 1.165) is 17.1 Å². The van der Waals surface area contributed by atoms with Crippen molar-refractivity contribution in [3.8, 4) is 17.1 Å². The molecule has 0 fully saturated rings. The van der Waals surface area contributed by atoms with E-state index in [4.69, 9.17) is 0 Å². The first-order valence-electron chi connectivity index (χ1n) is 18.3. The summed E-state index contributed by atoms with van der Waals surface area (Å²) in [5.74, 6) is 0. The van der Waals surface area contributed by atoms with Crippen molar-refractivity contribution >= 4 is 87.0 Å². The van der Waals surface area contributed by atoms with Gasteiger partial charge in [0.05, 0.1) is 33.1 Å². The summed E-state index contributed by atoms with van der Waals surface area (Å²) in [5.41, 5.74) is 10.7. The van der Waals surface area contributed by atoms with Crippen LogP contribution in [0.25, 0.3) is 104 Å². The Hall–Kier alpha value is -7.10. The molecule has 0 bridgehead atoms. The summed E-state index contributed by atoms with van der Waals surface area (Å²) in [6.45, 7) is 0. The summed E-state index contributed by atoms with van der Waals surface area (Å²) in [5, 5.41) is 12.5. The summed E-state index contributed by atoms with van der Waals surface area (Å²) in [6.07, 6.45) is 0. The maximum Gasteiger partial charge on any atom is 0.0810 e. The zero-order valence-electron chi connectivity index (χ0n) is 28.7. The van der Waals surface area contributed by atoms with E-state index >= 15 is 0 Å². The third-order valence-electron chi connectivity index (χ3n) is 11.3. The van der Waals surface area contributed by atoms with Gasteiger partial charge in [-0.2, -0.15) is 0 Å². The first-order chi connectivity index (χ1) is 26.3. The standard InChI is InChI=1S/C50H31N3/c1-3-18-35(19-4-1)51-43-26-14-12-24-40(43)46-48-45(41-30-28-33-16-9-10-22-38(33)47(41)53(48)36-20-5-2-6-21-36)44-39-23-11-13-25-42(39)52(49(44)50(46)51)37-29-27-32-15-7-8-17-34(32)31-37/h1-31H. The smallest absolute Gasteiger partial charge is 0.0810 e. The van der Waals surface area contributed by atoms with Crippen molar-refractivity contribution in [2.45, 2.75) is 0 Å². The molecule has 0 amide bonds. The normalized spacial score (nSPS) is 12.2. The van der Waals surface area contributed by atoms with Crippen LogP contribution in [0.2, 0.25) is 0 Å². The molecule has 246 valence electrons. The molecule has 3 nitrogen and oxygen atoms in total. The lowest BCUT2D eigenvalue weighted by Gasteiger charge is -2.15. The summed E-state index contributed by atoms with van der Waals surface area (Å²) in [7, 11) is 0. The van der Waals surface area contributed by atoms with Crippen molar-refractivity contribution in [1.82, 2.24) is 13.7 Å². The van der Waals surface area contributed by atoms with Gasteiger partial charge in [-0.1, -0.05) is 140 Å². The van der Waals surface area contributed by atoms with E-state index in [1.807, 2.05) is 0 Å². The molecule has 0 aliphatic carbocycles. The minimum atomic E-state index is 1.14. The fourth-order valence-corrected chi connectivity index (χ4v) is 9.22. The highest BCUT2D eigenvalue weighted by Gasteiger charge is 2.29.